The predicted octanol–water partition coefficient (Wildman–Crippen LogP) is -1.61. The van der Waals surface area contributed by atoms with Crippen LogP contribution < -0.4 is 16.4 Å². The fourth-order valence-electron chi connectivity index (χ4n) is 4.51. The van der Waals surface area contributed by atoms with Gasteiger partial charge in [0.1, 0.15) is 42.2 Å². The monoisotopic (exact) mass is 867 g/mol. The number of carbonyl (C=O) groups is 4. The Morgan fingerprint density at radius 1 is 1.05 bits per heavy atom. The molecule has 0 bridgehead atoms. The minimum atomic E-state index is -5.59. The van der Waals surface area contributed by atoms with Gasteiger partial charge in [-0.2, -0.15) is 4.31 Å². The van der Waals surface area contributed by atoms with E-state index in [1.165, 1.54) is 20.8 Å². The summed E-state index contributed by atoms with van der Waals surface area (Å²) in [6, 6.07) is 0. The number of nitrogens with two attached hydrogens (primary N) is 1. The number of aliphatic hydroxyl groups excluding tert-OH is 2. The van der Waals surface area contributed by atoms with Crippen molar-refractivity contribution in [2.24, 2.45) is 11.3 Å². The highest BCUT2D eigenvalue weighted by atomic mass is 32.2. The first kappa shape index (κ1) is 46.4. The second kappa shape index (κ2) is 19.0. The largest absolute Gasteiger partial charge is 0.481 e. The molecule has 55 heavy (non-hydrogen) atoms. The molecule has 26 nitrogen and oxygen atoms in total. The number of phosphoric ester groups is 3. The van der Waals surface area contributed by atoms with Crippen LogP contribution in [0.1, 0.15) is 33.4 Å². The van der Waals surface area contributed by atoms with Crippen LogP contribution in [0.2, 0.25) is 0 Å². The van der Waals surface area contributed by atoms with E-state index >= 15 is 0 Å². The van der Waals surface area contributed by atoms with E-state index in [1.807, 2.05) is 0 Å². The molecule has 2 aromatic heterocycles. The predicted molar refractivity (Wildman–Crippen MR) is 184 cm³/mol. The molecular weight excluding hydrogens is 827 g/mol. The molecule has 1 saturated heterocycles. The molecule has 7 unspecified atom stereocenters. The van der Waals surface area contributed by atoms with Crippen LogP contribution in [0.5, 0.6) is 0 Å². The molecule has 0 aromatic carbocycles. The summed E-state index contributed by atoms with van der Waals surface area (Å²) in [6.45, 7) is 1.35. The van der Waals surface area contributed by atoms with Gasteiger partial charge in [-0.3, -0.25) is 37.3 Å². The summed E-state index contributed by atoms with van der Waals surface area (Å²) in [5, 5.41) is 34.3. The second-order valence-electron chi connectivity index (χ2n) is 12.3. The average molecular weight is 868 g/mol. The van der Waals surface area contributed by atoms with Crippen molar-refractivity contribution in [3.05, 3.63) is 12.7 Å². The number of carboxylic acid groups (broad SMARTS) is 1. The number of thioether (sulfide) groups is 1. The van der Waals surface area contributed by atoms with Crippen LogP contribution in [0.15, 0.2) is 12.7 Å². The first-order chi connectivity index (χ1) is 25.3. The summed E-state index contributed by atoms with van der Waals surface area (Å²) in [4.78, 5) is 97.8. The number of fused-ring (bicyclic) bond motifs is 1. The van der Waals surface area contributed by atoms with Gasteiger partial charge < -0.3 is 56.0 Å². The third kappa shape index (κ3) is 13.6. The van der Waals surface area contributed by atoms with Crippen LogP contribution in [0.25, 0.3) is 11.2 Å². The number of carbonyl (C=O) groups excluding carboxylic acids is 3. The van der Waals surface area contributed by atoms with Crippen molar-refractivity contribution < 1.29 is 90.4 Å². The van der Waals surface area contributed by atoms with E-state index in [4.69, 9.17) is 24.6 Å². The highest BCUT2D eigenvalue weighted by Crippen LogP contribution is 2.61. The van der Waals surface area contributed by atoms with Crippen LogP contribution in [0, 0.1) is 11.3 Å². The van der Waals surface area contributed by atoms with Crippen molar-refractivity contribution in [2.75, 3.05) is 37.8 Å². The summed E-state index contributed by atoms with van der Waals surface area (Å²) < 4.78 is 61.9. The molecule has 3 rings (SSSR count). The molecule has 0 saturated carbocycles. The smallest absolute Gasteiger partial charge is 0.481 e. The van der Waals surface area contributed by atoms with E-state index in [2.05, 4.69) is 34.4 Å². The minimum Gasteiger partial charge on any atom is -0.481 e. The third-order valence-electron chi connectivity index (χ3n) is 7.47. The number of nitrogen functional groups attached to an aromatic ring is 1. The van der Waals surface area contributed by atoms with Crippen LogP contribution in [0.4, 0.5) is 5.82 Å². The summed E-state index contributed by atoms with van der Waals surface area (Å²) in [6.07, 6.45) is -7.13. The Morgan fingerprint density at radius 3 is 2.35 bits per heavy atom. The molecule has 8 atom stereocenters. The lowest BCUT2D eigenvalue weighted by molar-refractivity contribution is -0.143. The highest BCUT2D eigenvalue weighted by Gasteiger charge is 2.50. The number of hydrogen-bond donors (Lipinski definition) is 10. The molecular formula is C25H40N7O19P3S. The van der Waals surface area contributed by atoms with Gasteiger partial charge in [-0.05, 0) is 6.92 Å². The Labute approximate surface area is 314 Å². The molecule has 11 N–H and O–H groups in total. The number of phosphoric acid groups is 3. The van der Waals surface area contributed by atoms with E-state index in [0.717, 1.165) is 29.0 Å². The minimum absolute atomic E-state index is 0.0183. The van der Waals surface area contributed by atoms with Gasteiger partial charge >= 0.3 is 29.4 Å². The van der Waals surface area contributed by atoms with E-state index < -0.39 is 102 Å². The molecule has 310 valence electrons. The maximum atomic E-state index is 12.6. The average Bonchev–Trinajstić information content (AvgIpc) is 3.64. The molecule has 1 aliphatic heterocycles. The Balaban J connectivity index is 1.50. The fourth-order valence-corrected chi connectivity index (χ4v) is 8.09. The van der Waals surface area contributed by atoms with E-state index in [-0.39, 0.29) is 42.2 Å². The van der Waals surface area contributed by atoms with Gasteiger partial charge in [-0.15, -0.1) is 0 Å². The highest BCUT2D eigenvalue weighted by molar-refractivity contribution is 8.13. The normalized spacial score (nSPS) is 22.3. The number of amides is 2. The molecule has 2 aromatic rings. The van der Waals surface area contributed by atoms with Gasteiger partial charge in [-0.25, -0.2) is 28.6 Å². The maximum Gasteiger partial charge on any atom is 0.481 e. The number of imidazole rings is 1. The summed E-state index contributed by atoms with van der Waals surface area (Å²) in [7, 11) is -16.4. The molecule has 3 heterocycles. The Morgan fingerprint density at radius 2 is 1.71 bits per heavy atom. The van der Waals surface area contributed by atoms with Crippen molar-refractivity contribution in [3.63, 3.8) is 0 Å². The molecule has 1 fully saturated rings. The van der Waals surface area contributed by atoms with Crippen LogP contribution in [-0.4, -0.2) is 134 Å². The number of rotatable bonds is 21. The molecule has 0 aliphatic carbocycles. The van der Waals surface area contributed by atoms with Gasteiger partial charge in [-0.1, -0.05) is 25.6 Å². The molecule has 0 spiro atoms. The van der Waals surface area contributed by atoms with Crippen molar-refractivity contribution >= 4 is 75.1 Å². The number of carboxylic acids is 1. The van der Waals surface area contributed by atoms with E-state index in [0.29, 0.717) is 0 Å². The number of anilines is 1. The number of aliphatic hydroxyl groups is 2. The molecule has 0 radical (unpaired) electrons. The number of aromatic nitrogens is 4. The molecule has 1 aliphatic rings. The number of ether oxygens (including phenoxy) is 1. The Bertz CT molecular complexity index is 1860. The number of aliphatic carboxylic acids is 1. The first-order valence-electron chi connectivity index (χ1n) is 15.6. The maximum absolute atomic E-state index is 12.6. The quantitative estimate of drug-likeness (QED) is 0.0383. The van der Waals surface area contributed by atoms with E-state index in [1.54, 1.807) is 0 Å². The lowest BCUT2D eigenvalue weighted by atomic mass is 9.87. The lowest BCUT2D eigenvalue weighted by Gasteiger charge is -2.30. The van der Waals surface area contributed by atoms with Crippen LogP contribution in [-0.2, 0) is 55.5 Å². The number of nitrogens with zero attached hydrogens (tertiary/aromatic N) is 4. The Kier molecular flexibility index (Phi) is 16.0. The summed E-state index contributed by atoms with van der Waals surface area (Å²) in [5.74, 6) is -4.01. The lowest BCUT2D eigenvalue weighted by Crippen LogP contribution is -2.46. The van der Waals surface area contributed by atoms with Crippen molar-refractivity contribution in [1.82, 2.24) is 30.2 Å². The molecule has 30 heteroatoms. The molecule has 2 amide bonds. The van der Waals surface area contributed by atoms with Gasteiger partial charge in [0.05, 0.1) is 19.5 Å². The standard InChI is InChI=1S/C25H40N7O19P3S/c1-12(23(37)38)24(39)55-7-6-27-14(33)4-5-28-21(36)18(35)25(2,3)9-48-54(45,46)51-53(43,44)47-8-13-17(50-52(40,41)42)16(34)22(49-13)32-11-31-15-19(26)29-10-30-20(15)32/h10-13,16-18,22,34-35H,4-9H2,1-3H3,(H,27,33)(H,28,36)(H,37,38)(H,43,44)(H,45,46)(H2,26,29,30)(H2,40,41,42)/t12-,13?,16?,17?,18?,22?/m0/s1. The zero-order valence-corrected chi connectivity index (χ0v) is 32.5. The SMILES string of the molecule is C[C@@H](C(=O)O)C(=O)SCCNC(=O)CCNC(=O)C(O)C(C)(C)COP(=O)(O)OP(=O)(O)OCC1OC(n2cnc3c(N)ncnc32)C(O)C1OP(=O)(O)O. The first-order valence-corrected chi connectivity index (χ1v) is 21.1. The van der Waals surface area contributed by atoms with E-state index in [9.17, 15) is 62.7 Å². The van der Waals surface area contributed by atoms with Crippen LogP contribution in [0.3, 0.4) is 0 Å². The van der Waals surface area contributed by atoms with Crippen molar-refractivity contribution in [2.45, 2.75) is 57.8 Å². The third-order valence-corrected chi connectivity index (χ3v) is 11.6. The van der Waals surface area contributed by atoms with Crippen molar-refractivity contribution in [1.29, 1.82) is 0 Å². The Hall–Kier alpha value is -2.97. The van der Waals surface area contributed by atoms with Crippen LogP contribution >= 0.6 is 35.2 Å². The van der Waals surface area contributed by atoms with Gasteiger partial charge in [0.25, 0.3) is 0 Å². The zero-order chi connectivity index (χ0) is 41.5. The van der Waals surface area contributed by atoms with Gasteiger partial charge in [0, 0.05) is 30.7 Å². The topological polar surface area (TPSA) is 401 Å². The number of hydrogen-bond acceptors (Lipinski definition) is 19. The summed E-state index contributed by atoms with van der Waals surface area (Å²) >= 11 is 0.726. The fraction of sp³-hybridized carbons (Fsp3) is 0.640. The second-order valence-corrected chi connectivity index (χ2v) is 17.6. The summed E-state index contributed by atoms with van der Waals surface area (Å²) in [5.41, 5.74) is 4.19. The van der Waals surface area contributed by atoms with Gasteiger partial charge in [0.15, 0.2) is 17.7 Å². The number of nitrogens with one attached hydrogen (secondary N) is 2. The zero-order valence-electron chi connectivity index (χ0n) is 29.0. The van der Waals surface area contributed by atoms with Gasteiger partial charge in [0.2, 0.25) is 16.9 Å². The van der Waals surface area contributed by atoms with Crippen molar-refractivity contribution in [3.8, 4) is 0 Å².